The molecule has 1 amide bonds. The molecule has 3 nitrogen and oxygen atoms in total. The van der Waals surface area contributed by atoms with Gasteiger partial charge in [0.15, 0.2) is 0 Å². The maximum absolute atomic E-state index is 11.3. The van der Waals surface area contributed by atoms with Gasteiger partial charge in [0.25, 0.3) is 0 Å². The zero-order chi connectivity index (χ0) is 9.19. The molecule has 1 rings (SSSR count). The number of rotatable bonds is 3. The van der Waals surface area contributed by atoms with Gasteiger partial charge in [-0.25, -0.2) is 0 Å². The van der Waals surface area contributed by atoms with Crippen LogP contribution < -0.4 is 0 Å². The summed E-state index contributed by atoms with van der Waals surface area (Å²) in [6, 6.07) is 0. The van der Waals surface area contributed by atoms with Crippen molar-refractivity contribution >= 4 is 5.91 Å². The van der Waals surface area contributed by atoms with E-state index in [-0.39, 0.29) is 17.9 Å². The van der Waals surface area contributed by atoms with Crippen LogP contribution in [0.4, 0.5) is 0 Å². The topological polar surface area (TPSA) is 40.5 Å². The van der Waals surface area contributed by atoms with E-state index in [0.29, 0.717) is 19.4 Å². The Labute approximate surface area is 73.4 Å². The second kappa shape index (κ2) is 3.44. The van der Waals surface area contributed by atoms with Gasteiger partial charge in [0.05, 0.1) is 0 Å². The van der Waals surface area contributed by atoms with Crippen LogP contribution in [0, 0.1) is 5.41 Å². The van der Waals surface area contributed by atoms with Gasteiger partial charge in [-0.1, -0.05) is 13.8 Å². The van der Waals surface area contributed by atoms with Crippen molar-refractivity contribution in [3.05, 3.63) is 0 Å². The largest absolute Gasteiger partial charge is 0.396 e. The summed E-state index contributed by atoms with van der Waals surface area (Å²) in [5.74, 6) is 0.230. The molecule has 1 fully saturated rings. The lowest BCUT2D eigenvalue weighted by molar-refractivity contribution is -0.127. The molecule has 1 saturated heterocycles. The maximum Gasteiger partial charge on any atom is 0.223 e. The van der Waals surface area contributed by atoms with E-state index in [0.717, 1.165) is 6.54 Å². The predicted molar refractivity (Wildman–Crippen MR) is 46.7 cm³/mol. The number of amides is 1. The van der Waals surface area contributed by atoms with Crippen molar-refractivity contribution in [3.8, 4) is 0 Å². The van der Waals surface area contributed by atoms with E-state index >= 15 is 0 Å². The van der Waals surface area contributed by atoms with Crippen molar-refractivity contribution in [1.82, 2.24) is 4.90 Å². The van der Waals surface area contributed by atoms with Gasteiger partial charge < -0.3 is 10.0 Å². The Morgan fingerprint density at radius 3 is 2.67 bits per heavy atom. The first-order valence-corrected chi connectivity index (χ1v) is 4.44. The molecule has 70 valence electrons. The lowest BCUT2D eigenvalue weighted by Crippen LogP contribution is -2.28. The van der Waals surface area contributed by atoms with Crippen LogP contribution in [0.15, 0.2) is 0 Å². The molecule has 1 aliphatic heterocycles. The van der Waals surface area contributed by atoms with Crippen molar-refractivity contribution in [2.75, 3.05) is 19.7 Å². The number of aliphatic hydroxyl groups excluding tert-OH is 1. The van der Waals surface area contributed by atoms with Gasteiger partial charge >= 0.3 is 0 Å². The van der Waals surface area contributed by atoms with Crippen molar-refractivity contribution in [1.29, 1.82) is 0 Å². The Hall–Kier alpha value is -0.570. The second-order valence-electron chi connectivity index (χ2n) is 4.23. The molecule has 0 aromatic rings. The van der Waals surface area contributed by atoms with Crippen LogP contribution in [-0.2, 0) is 4.79 Å². The number of aliphatic hydroxyl groups is 1. The maximum atomic E-state index is 11.3. The molecule has 3 heteroatoms. The number of nitrogens with zero attached hydrogens (tertiary/aromatic N) is 1. The Balaban J connectivity index is 2.42. The quantitative estimate of drug-likeness (QED) is 0.676. The third-order valence-corrected chi connectivity index (χ3v) is 2.19. The smallest absolute Gasteiger partial charge is 0.223 e. The summed E-state index contributed by atoms with van der Waals surface area (Å²) in [5, 5.41) is 8.60. The SMILES string of the molecule is CC1(C)CC(=O)N(CCCO)C1. The lowest BCUT2D eigenvalue weighted by atomic mass is 9.93. The third-order valence-electron chi connectivity index (χ3n) is 2.19. The van der Waals surface area contributed by atoms with Crippen LogP contribution in [0.3, 0.4) is 0 Å². The lowest BCUT2D eigenvalue weighted by Gasteiger charge is -2.18. The first kappa shape index (κ1) is 9.52. The third kappa shape index (κ3) is 2.21. The molecule has 0 bridgehead atoms. The Morgan fingerprint density at radius 2 is 2.25 bits per heavy atom. The molecule has 1 heterocycles. The average molecular weight is 171 g/mol. The van der Waals surface area contributed by atoms with E-state index in [9.17, 15) is 4.79 Å². The second-order valence-corrected chi connectivity index (χ2v) is 4.23. The minimum absolute atomic E-state index is 0.131. The fraction of sp³-hybridized carbons (Fsp3) is 0.889. The van der Waals surface area contributed by atoms with E-state index in [1.54, 1.807) is 0 Å². The number of carbonyl (C=O) groups excluding carboxylic acids is 1. The molecule has 0 radical (unpaired) electrons. The van der Waals surface area contributed by atoms with Crippen LogP contribution in [-0.4, -0.2) is 35.6 Å². The fourth-order valence-electron chi connectivity index (χ4n) is 1.65. The number of likely N-dealkylation sites (tertiary alicyclic amines) is 1. The van der Waals surface area contributed by atoms with Crippen LogP contribution in [0.2, 0.25) is 0 Å². The van der Waals surface area contributed by atoms with E-state index < -0.39 is 0 Å². The monoisotopic (exact) mass is 171 g/mol. The van der Waals surface area contributed by atoms with E-state index in [1.165, 1.54) is 0 Å². The molecule has 0 aromatic carbocycles. The van der Waals surface area contributed by atoms with E-state index in [4.69, 9.17) is 5.11 Å². The van der Waals surface area contributed by atoms with Crippen LogP contribution in [0.25, 0.3) is 0 Å². The summed E-state index contributed by atoms with van der Waals surface area (Å²) < 4.78 is 0. The van der Waals surface area contributed by atoms with Gasteiger partial charge in [-0.05, 0) is 11.8 Å². The normalized spacial score (nSPS) is 21.9. The predicted octanol–water partition coefficient (Wildman–Crippen LogP) is 0.627. The van der Waals surface area contributed by atoms with E-state index in [2.05, 4.69) is 13.8 Å². The molecule has 0 atom stereocenters. The molecular weight excluding hydrogens is 154 g/mol. The highest BCUT2D eigenvalue weighted by atomic mass is 16.3. The number of carbonyl (C=O) groups is 1. The number of hydrogen-bond acceptors (Lipinski definition) is 2. The molecular formula is C9H17NO2. The molecule has 0 spiro atoms. The molecule has 0 aromatic heterocycles. The summed E-state index contributed by atoms with van der Waals surface area (Å²) in [4.78, 5) is 13.2. The van der Waals surface area contributed by atoms with Crippen molar-refractivity contribution in [3.63, 3.8) is 0 Å². The number of hydrogen-bond donors (Lipinski definition) is 1. The summed E-state index contributed by atoms with van der Waals surface area (Å²) in [6.07, 6.45) is 1.35. The van der Waals surface area contributed by atoms with Crippen molar-refractivity contribution in [2.45, 2.75) is 26.7 Å². The van der Waals surface area contributed by atoms with Crippen LogP contribution >= 0.6 is 0 Å². The zero-order valence-electron chi connectivity index (χ0n) is 7.84. The van der Waals surface area contributed by atoms with Crippen LogP contribution in [0.5, 0.6) is 0 Å². The first-order chi connectivity index (χ1) is 5.55. The Kier molecular flexibility index (Phi) is 2.73. The van der Waals surface area contributed by atoms with Gasteiger partial charge in [0.1, 0.15) is 0 Å². The highest BCUT2D eigenvalue weighted by Crippen LogP contribution is 2.29. The molecule has 0 aliphatic carbocycles. The average Bonchev–Trinajstić information content (AvgIpc) is 2.20. The zero-order valence-corrected chi connectivity index (χ0v) is 7.84. The van der Waals surface area contributed by atoms with Gasteiger partial charge in [0.2, 0.25) is 5.91 Å². The summed E-state index contributed by atoms with van der Waals surface area (Å²) >= 11 is 0. The standard InChI is InChI=1S/C9H17NO2/c1-9(2)6-8(12)10(7-9)4-3-5-11/h11H,3-7H2,1-2H3. The minimum Gasteiger partial charge on any atom is -0.396 e. The van der Waals surface area contributed by atoms with Gasteiger partial charge in [-0.15, -0.1) is 0 Å². The van der Waals surface area contributed by atoms with Crippen molar-refractivity contribution < 1.29 is 9.90 Å². The summed E-state index contributed by atoms with van der Waals surface area (Å²) in [6.45, 7) is 5.92. The molecule has 1 N–H and O–H groups in total. The highest BCUT2D eigenvalue weighted by molar-refractivity contribution is 5.79. The summed E-state index contributed by atoms with van der Waals surface area (Å²) in [7, 11) is 0. The van der Waals surface area contributed by atoms with E-state index in [1.807, 2.05) is 4.90 Å². The van der Waals surface area contributed by atoms with Gasteiger partial charge in [0, 0.05) is 26.1 Å². The molecule has 12 heavy (non-hydrogen) atoms. The highest BCUT2D eigenvalue weighted by Gasteiger charge is 2.34. The fourth-order valence-corrected chi connectivity index (χ4v) is 1.65. The minimum atomic E-state index is 0.131. The molecule has 0 saturated carbocycles. The van der Waals surface area contributed by atoms with Crippen LogP contribution in [0.1, 0.15) is 26.7 Å². The van der Waals surface area contributed by atoms with Gasteiger partial charge in [-0.3, -0.25) is 4.79 Å². The Bertz CT molecular complexity index is 177. The molecule has 1 aliphatic rings. The molecule has 0 unspecified atom stereocenters. The Morgan fingerprint density at radius 1 is 1.58 bits per heavy atom. The van der Waals surface area contributed by atoms with Gasteiger partial charge in [-0.2, -0.15) is 0 Å². The first-order valence-electron chi connectivity index (χ1n) is 4.44. The van der Waals surface area contributed by atoms with Crippen molar-refractivity contribution in [2.24, 2.45) is 5.41 Å². The summed E-state index contributed by atoms with van der Waals surface area (Å²) in [5.41, 5.74) is 0.131.